The quantitative estimate of drug-likeness (QED) is 0.915. The van der Waals surface area contributed by atoms with Gasteiger partial charge in [0.2, 0.25) is 0 Å². The Morgan fingerprint density at radius 2 is 2.00 bits per heavy atom. The predicted octanol–water partition coefficient (Wildman–Crippen LogP) is 1.92. The summed E-state index contributed by atoms with van der Waals surface area (Å²) in [6, 6.07) is 0.786. The zero-order chi connectivity index (χ0) is 13.4. The van der Waals surface area contributed by atoms with Gasteiger partial charge in [0.05, 0.1) is 11.2 Å². The van der Waals surface area contributed by atoms with E-state index in [1.165, 1.54) is 56.0 Å². The molecule has 1 atom stereocenters. The van der Waals surface area contributed by atoms with Crippen LogP contribution in [0.4, 0.5) is 0 Å². The number of nitrogens with one attached hydrogen (secondary N) is 1. The monoisotopic (exact) mass is 328 g/mol. The average molecular weight is 329 g/mol. The van der Waals surface area contributed by atoms with E-state index in [1.54, 1.807) is 0 Å². The standard InChI is InChI=1S/C15H24N4S.ClH/c1-2-12(1)15-14(20-11-17-15)10-18-6-3-13(9-18)19-7-4-16-5-8-19;/h11-13,16H,1-10H2;1H. The molecule has 1 aromatic heterocycles. The van der Waals surface area contributed by atoms with E-state index >= 15 is 0 Å². The van der Waals surface area contributed by atoms with Crippen LogP contribution in [-0.4, -0.2) is 60.1 Å². The van der Waals surface area contributed by atoms with Crippen LogP contribution in [0.1, 0.15) is 35.8 Å². The van der Waals surface area contributed by atoms with Crippen molar-refractivity contribution in [1.82, 2.24) is 20.1 Å². The summed E-state index contributed by atoms with van der Waals surface area (Å²) in [5.41, 5.74) is 3.47. The summed E-state index contributed by atoms with van der Waals surface area (Å²) in [4.78, 5) is 11.5. The predicted molar refractivity (Wildman–Crippen MR) is 89.5 cm³/mol. The minimum Gasteiger partial charge on any atom is -0.314 e. The Morgan fingerprint density at radius 1 is 1.19 bits per heavy atom. The van der Waals surface area contributed by atoms with Gasteiger partial charge in [-0.1, -0.05) is 0 Å². The van der Waals surface area contributed by atoms with Gasteiger partial charge in [-0.05, 0) is 19.3 Å². The maximum absolute atomic E-state index is 4.60. The first-order valence-electron chi connectivity index (χ1n) is 7.99. The van der Waals surface area contributed by atoms with Crippen molar-refractivity contribution in [2.24, 2.45) is 0 Å². The molecule has 1 aliphatic carbocycles. The van der Waals surface area contributed by atoms with Gasteiger partial charge in [-0.15, -0.1) is 23.7 Å². The van der Waals surface area contributed by atoms with E-state index in [9.17, 15) is 0 Å². The Labute approximate surface area is 137 Å². The van der Waals surface area contributed by atoms with E-state index in [2.05, 4.69) is 20.1 Å². The molecule has 0 radical (unpaired) electrons. The normalized spacial score (nSPS) is 27.7. The van der Waals surface area contributed by atoms with Gasteiger partial charge in [0.15, 0.2) is 0 Å². The van der Waals surface area contributed by atoms with Gasteiger partial charge < -0.3 is 5.32 Å². The fraction of sp³-hybridized carbons (Fsp3) is 0.800. The molecule has 0 aromatic carbocycles. The van der Waals surface area contributed by atoms with Crippen LogP contribution in [0.25, 0.3) is 0 Å². The van der Waals surface area contributed by atoms with Gasteiger partial charge in [-0.25, -0.2) is 4.98 Å². The van der Waals surface area contributed by atoms with Crippen LogP contribution in [0.3, 0.4) is 0 Å². The topological polar surface area (TPSA) is 31.4 Å². The molecule has 2 aliphatic heterocycles. The van der Waals surface area contributed by atoms with Crippen molar-refractivity contribution in [2.45, 2.75) is 37.8 Å². The number of rotatable bonds is 4. The van der Waals surface area contributed by atoms with Gasteiger partial charge in [0, 0.05) is 62.7 Å². The zero-order valence-electron chi connectivity index (χ0n) is 12.5. The summed E-state index contributed by atoms with van der Waals surface area (Å²) < 4.78 is 0. The largest absolute Gasteiger partial charge is 0.314 e. The minimum atomic E-state index is 0. The Kier molecular flexibility index (Phi) is 5.17. The van der Waals surface area contributed by atoms with Crippen LogP contribution in [0, 0.1) is 0 Å². The van der Waals surface area contributed by atoms with Gasteiger partial charge in [0.25, 0.3) is 0 Å². The molecule has 1 aromatic rings. The first-order valence-corrected chi connectivity index (χ1v) is 8.87. The summed E-state index contributed by atoms with van der Waals surface area (Å²) >= 11 is 1.87. The smallest absolute Gasteiger partial charge is 0.0798 e. The molecule has 4 nitrogen and oxygen atoms in total. The maximum atomic E-state index is 4.60. The summed E-state index contributed by atoms with van der Waals surface area (Å²) in [5.74, 6) is 0.794. The molecule has 0 spiro atoms. The Morgan fingerprint density at radius 3 is 2.76 bits per heavy atom. The first-order chi connectivity index (χ1) is 9.90. The first kappa shape index (κ1) is 15.7. The van der Waals surface area contributed by atoms with Crippen LogP contribution >= 0.6 is 23.7 Å². The number of thiazole rings is 1. The van der Waals surface area contributed by atoms with Crippen LogP contribution < -0.4 is 5.32 Å². The van der Waals surface area contributed by atoms with E-state index in [0.29, 0.717) is 0 Å². The fourth-order valence-electron chi connectivity index (χ4n) is 3.59. The second-order valence-electron chi connectivity index (χ2n) is 6.40. The molecule has 3 fully saturated rings. The highest BCUT2D eigenvalue weighted by Crippen LogP contribution is 2.42. The highest BCUT2D eigenvalue weighted by Gasteiger charge is 2.31. The number of hydrogen-bond acceptors (Lipinski definition) is 5. The summed E-state index contributed by atoms with van der Waals surface area (Å²) in [6.07, 6.45) is 4.07. The molecule has 4 rings (SSSR count). The third-order valence-electron chi connectivity index (χ3n) is 4.92. The van der Waals surface area contributed by atoms with Crippen LogP contribution in [0.5, 0.6) is 0 Å². The van der Waals surface area contributed by atoms with Gasteiger partial charge in [0.1, 0.15) is 0 Å². The summed E-state index contributed by atoms with van der Waals surface area (Å²) in [7, 11) is 0. The summed E-state index contributed by atoms with van der Waals surface area (Å²) in [5, 5.41) is 3.45. The lowest BCUT2D eigenvalue weighted by Crippen LogP contribution is -2.49. The zero-order valence-corrected chi connectivity index (χ0v) is 14.1. The van der Waals surface area contributed by atoms with Crippen molar-refractivity contribution in [3.63, 3.8) is 0 Å². The third kappa shape index (κ3) is 3.59. The van der Waals surface area contributed by atoms with E-state index in [0.717, 1.165) is 31.6 Å². The molecule has 1 unspecified atom stereocenters. The van der Waals surface area contributed by atoms with E-state index in [1.807, 2.05) is 16.8 Å². The van der Waals surface area contributed by atoms with Crippen molar-refractivity contribution in [2.75, 3.05) is 39.3 Å². The number of aromatic nitrogens is 1. The second-order valence-corrected chi connectivity index (χ2v) is 7.34. The highest BCUT2D eigenvalue weighted by molar-refractivity contribution is 7.09. The lowest BCUT2D eigenvalue weighted by Gasteiger charge is -2.32. The van der Waals surface area contributed by atoms with Gasteiger partial charge in [-0.2, -0.15) is 0 Å². The third-order valence-corrected chi connectivity index (χ3v) is 5.75. The SMILES string of the molecule is Cl.c1nc(C2CC2)c(CN2CCC(N3CCNCC3)C2)s1. The molecule has 6 heteroatoms. The number of hydrogen-bond donors (Lipinski definition) is 1. The van der Waals surface area contributed by atoms with Crippen LogP contribution in [0.2, 0.25) is 0 Å². The molecule has 0 amide bonds. The van der Waals surface area contributed by atoms with Gasteiger partial charge in [-0.3, -0.25) is 9.80 Å². The number of piperazine rings is 1. The van der Waals surface area contributed by atoms with E-state index < -0.39 is 0 Å². The van der Waals surface area contributed by atoms with E-state index in [4.69, 9.17) is 0 Å². The van der Waals surface area contributed by atoms with E-state index in [-0.39, 0.29) is 12.4 Å². The second kappa shape index (κ2) is 6.92. The Bertz CT molecular complexity index is 456. The van der Waals surface area contributed by atoms with Crippen molar-refractivity contribution in [3.8, 4) is 0 Å². The lowest BCUT2D eigenvalue weighted by molar-refractivity contribution is 0.170. The number of likely N-dealkylation sites (tertiary alicyclic amines) is 1. The average Bonchev–Trinajstić information content (AvgIpc) is 3.05. The van der Waals surface area contributed by atoms with Crippen molar-refractivity contribution in [3.05, 3.63) is 16.1 Å². The fourth-order valence-corrected chi connectivity index (χ4v) is 4.48. The number of nitrogens with zero attached hydrogens (tertiary/aromatic N) is 3. The number of halogens is 1. The molecule has 1 saturated carbocycles. The Balaban J connectivity index is 0.00000132. The minimum absolute atomic E-state index is 0. The maximum Gasteiger partial charge on any atom is 0.0798 e. The highest BCUT2D eigenvalue weighted by atomic mass is 35.5. The van der Waals surface area contributed by atoms with Crippen molar-refractivity contribution < 1.29 is 0 Å². The van der Waals surface area contributed by atoms with Gasteiger partial charge >= 0.3 is 0 Å². The molecular formula is C15H25ClN4S. The molecule has 0 bridgehead atoms. The molecule has 21 heavy (non-hydrogen) atoms. The van der Waals surface area contributed by atoms with Crippen LogP contribution in [0.15, 0.2) is 5.51 Å². The molecule has 2 saturated heterocycles. The Hall–Kier alpha value is -0.200. The molecule has 3 heterocycles. The van der Waals surface area contributed by atoms with Crippen molar-refractivity contribution >= 4 is 23.7 Å². The summed E-state index contributed by atoms with van der Waals surface area (Å²) in [6.45, 7) is 8.44. The van der Waals surface area contributed by atoms with Crippen molar-refractivity contribution in [1.29, 1.82) is 0 Å². The lowest BCUT2D eigenvalue weighted by atomic mass is 10.2. The van der Waals surface area contributed by atoms with Crippen LogP contribution in [-0.2, 0) is 6.54 Å². The molecular weight excluding hydrogens is 304 g/mol. The molecule has 1 N–H and O–H groups in total. The molecule has 118 valence electrons. The molecule has 3 aliphatic rings.